The Hall–Kier alpha value is -1.60. The van der Waals surface area contributed by atoms with Crippen molar-refractivity contribution in [3.05, 3.63) is 29.1 Å². The molecule has 1 unspecified atom stereocenters. The molecule has 0 amide bonds. The van der Waals surface area contributed by atoms with Crippen molar-refractivity contribution in [1.82, 2.24) is 0 Å². The minimum Gasteiger partial charge on any atom is -0.495 e. The van der Waals surface area contributed by atoms with Crippen LogP contribution in [0.25, 0.3) is 0 Å². The molecule has 1 aromatic carbocycles. The first-order valence-corrected chi connectivity index (χ1v) is 4.05. The summed E-state index contributed by atoms with van der Waals surface area (Å²) < 4.78 is 18.1. The zero-order chi connectivity index (χ0) is 10.7. The summed E-state index contributed by atoms with van der Waals surface area (Å²) >= 11 is 0. The van der Waals surface area contributed by atoms with Gasteiger partial charge in [0.15, 0.2) is 0 Å². The minimum atomic E-state index is -0.786. The SMILES string of the molecule is COc1cc(C(C)O)cc(F)c1C#N. The normalized spacial score (nSPS) is 11.9. The maximum atomic E-state index is 13.2. The molecule has 1 atom stereocenters. The number of nitrogens with zero attached hydrogens (tertiary/aromatic N) is 1. The summed E-state index contributed by atoms with van der Waals surface area (Å²) in [7, 11) is 1.35. The van der Waals surface area contributed by atoms with E-state index in [9.17, 15) is 9.50 Å². The second kappa shape index (κ2) is 4.07. The second-order valence-electron chi connectivity index (χ2n) is 2.87. The lowest BCUT2D eigenvalue weighted by molar-refractivity contribution is 0.198. The van der Waals surface area contributed by atoms with E-state index in [4.69, 9.17) is 10.00 Å². The van der Waals surface area contributed by atoms with E-state index in [1.165, 1.54) is 20.1 Å². The van der Waals surface area contributed by atoms with Crippen molar-refractivity contribution < 1.29 is 14.2 Å². The lowest BCUT2D eigenvalue weighted by Crippen LogP contribution is -1.98. The van der Waals surface area contributed by atoms with Crippen LogP contribution in [0.1, 0.15) is 24.2 Å². The molecule has 0 saturated carbocycles. The molecule has 1 aromatic rings. The van der Waals surface area contributed by atoms with E-state index in [1.54, 1.807) is 6.07 Å². The van der Waals surface area contributed by atoms with Gasteiger partial charge in [-0.25, -0.2) is 4.39 Å². The number of ether oxygens (including phenoxy) is 1. The van der Waals surface area contributed by atoms with E-state index < -0.39 is 11.9 Å². The van der Waals surface area contributed by atoms with Crippen molar-refractivity contribution >= 4 is 0 Å². The highest BCUT2D eigenvalue weighted by atomic mass is 19.1. The molecule has 0 heterocycles. The maximum absolute atomic E-state index is 13.2. The molecule has 1 N–H and O–H groups in total. The van der Waals surface area contributed by atoms with Crippen LogP contribution in [0.15, 0.2) is 12.1 Å². The summed E-state index contributed by atoms with van der Waals surface area (Å²) in [6, 6.07) is 4.28. The molecule has 0 aromatic heterocycles. The van der Waals surface area contributed by atoms with Crippen molar-refractivity contribution in [3.63, 3.8) is 0 Å². The predicted octanol–water partition coefficient (Wildman–Crippen LogP) is 1.76. The van der Waals surface area contributed by atoms with Crippen molar-refractivity contribution in [2.75, 3.05) is 7.11 Å². The van der Waals surface area contributed by atoms with Crippen molar-refractivity contribution in [1.29, 1.82) is 5.26 Å². The number of aliphatic hydroxyl groups excluding tert-OH is 1. The van der Waals surface area contributed by atoms with Gasteiger partial charge >= 0.3 is 0 Å². The fraction of sp³-hybridized carbons (Fsp3) is 0.300. The summed E-state index contributed by atoms with van der Waals surface area (Å²) in [4.78, 5) is 0. The number of methoxy groups -OCH3 is 1. The molecule has 74 valence electrons. The van der Waals surface area contributed by atoms with Crippen LogP contribution in [0.4, 0.5) is 4.39 Å². The highest BCUT2D eigenvalue weighted by Crippen LogP contribution is 2.25. The summed E-state index contributed by atoms with van der Waals surface area (Å²) in [6.07, 6.45) is -0.786. The molecule has 1 rings (SSSR count). The van der Waals surface area contributed by atoms with E-state index >= 15 is 0 Å². The third kappa shape index (κ3) is 1.83. The van der Waals surface area contributed by atoms with Crippen LogP contribution >= 0.6 is 0 Å². The van der Waals surface area contributed by atoms with Crippen LogP contribution in [0.3, 0.4) is 0 Å². The van der Waals surface area contributed by atoms with Gasteiger partial charge in [0.25, 0.3) is 0 Å². The standard InChI is InChI=1S/C10H10FNO2/c1-6(13)7-3-9(11)8(5-12)10(4-7)14-2/h3-4,6,13H,1-2H3. The van der Waals surface area contributed by atoms with Gasteiger partial charge in [-0.3, -0.25) is 0 Å². The van der Waals surface area contributed by atoms with Gasteiger partial charge in [0.2, 0.25) is 0 Å². The van der Waals surface area contributed by atoms with E-state index in [2.05, 4.69) is 0 Å². The third-order valence-corrected chi connectivity index (χ3v) is 1.89. The van der Waals surface area contributed by atoms with Gasteiger partial charge in [0.1, 0.15) is 23.2 Å². The Morgan fingerprint density at radius 1 is 1.57 bits per heavy atom. The van der Waals surface area contributed by atoms with E-state index in [0.29, 0.717) is 5.56 Å². The van der Waals surface area contributed by atoms with Gasteiger partial charge < -0.3 is 9.84 Å². The average Bonchev–Trinajstić information content (AvgIpc) is 2.16. The highest BCUT2D eigenvalue weighted by Gasteiger charge is 2.13. The fourth-order valence-corrected chi connectivity index (χ4v) is 1.11. The number of hydrogen-bond donors (Lipinski definition) is 1. The Kier molecular flexibility index (Phi) is 3.05. The Balaban J connectivity index is 3.33. The molecule has 0 spiro atoms. The first kappa shape index (κ1) is 10.5. The van der Waals surface area contributed by atoms with Gasteiger partial charge in [-0.05, 0) is 24.6 Å². The Morgan fingerprint density at radius 3 is 2.64 bits per heavy atom. The maximum Gasteiger partial charge on any atom is 0.145 e. The van der Waals surface area contributed by atoms with E-state index in [1.807, 2.05) is 0 Å². The zero-order valence-electron chi connectivity index (χ0n) is 7.91. The zero-order valence-corrected chi connectivity index (χ0v) is 7.91. The van der Waals surface area contributed by atoms with Gasteiger partial charge in [0.05, 0.1) is 13.2 Å². The van der Waals surface area contributed by atoms with Gasteiger partial charge in [0, 0.05) is 0 Å². The van der Waals surface area contributed by atoms with Crippen LogP contribution < -0.4 is 4.74 Å². The molecular formula is C10H10FNO2. The van der Waals surface area contributed by atoms with Gasteiger partial charge in [-0.15, -0.1) is 0 Å². The summed E-state index contributed by atoms with van der Waals surface area (Å²) in [5, 5.41) is 17.9. The number of halogens is 1. The molecule has 0 bridgehead atoms. The van der Waals surface area contributed by atoms with Crippen molar-refractivity contribution in [2.24, 2.45) is 0 Å². The lowest BCUT2D eigenvalue weighted by atomic mass is 10.1. The molecule has 0 aliphatic rings. The smallest absolute Gasteiger partial charge is 0.145 e. The first-order chi connectivity index (χ1) is 6.60. The van der Waals surface area contributed by atoms with Crippen LogP contribution in [0.2, 0.25) is 0 Å². The number of benzene rings is 1. The molecule has 0 radical (unpaired) electrons. The molecule has 0 saturated heterocycles. The number of hydrogen-bond acceptors (Lipinski definition) is 3. The third-order valence-electron chi connectivity index (χ3n) is 1.89. The highest BCUT2D eigenvalue weighted by molar-refractivity contribution is 5.46. The first-order valence-electron chi connectivity index (χ1n) is 4.05. The Labute approximate surface area is 81.4 Å². The van der Waals surface area contributed by atoms with Crippen molar-refractivity contribution in [3.8, 4) is 11.8 Å². The number of rotatable bonds is 2. The van der Waals surface area contributed by atoms with Crippen LogP contribution in [0, 0.1) is 17.1 Å². The monoisotopic (exact) mass is 195 g/mol. The Morgan fingerprint density at radius 2 is 2.21 bits per heavy atom. The average molecular weight is 195 g/mol. The van der Waals surface area contributed by atoms with Crippen LogP contribution in [-0.2, 0) is 0 Å². The molecule has 0 aliphatic heterocycles. The predicted molar refractivity (Wildman–Crippen MR) is 48.3 cm³/mol. The van der Waals surface area contributed by atoms with Gasteiger partial charge in [-0.2, -0.15) is 5.26 Å². The topological polar surface area (TPSA) is 53.2 Å². The molecule has 14 heavy (non-hydrogen) atoms. The summed E-state index contributed by atoms with van der Waals surface area (Å²) in [6.45, 7) is 1.51. The fourth-order valence-electron chi connectivity index (χ4n) is 1.11. The Bertz CT molecular complexity index is 382. The minimum absolute atomic E-state index is 0.142. The lowest BCUT2D eigenvalue weighted by Gasteiger charge is -2.09. The van der Waals surface area contributed by atoms with E-state index in [0.717, 1.165) is 6.07 Å². The summed E-state index contributed by atoms with van der Waals surface area (Å²) in [5.41, 5.74) is 0.246. The largest absolute Gasteiger partial charge is 0.495 e. The number of nitriles is 1. The molecular weight excluding hydrogens is 185 g/mol. The van der Waals surface area contributed by atoms with E-state index in [-0.39, 0.29) is 11.3 Å². The van der Waals surface area contributed by atoms with Crippen LogP contribution in [-0.4, -0.2) is 12.2 Å². The second-order valence-corrected chi connectivity index (χ2v) is 2.87. The summed E-state index contributed by atoms with van der Waals surface area (Å²) in [5.74, 6) is -0.536. The van der Waals surface area contributed by atoms with Gasteiger partial charge in [-0.1, -0.05) is 0 Å². The molecule has 0 fully saturated rings. The quantitative estimate of drug-likeness (QED) is 0.782. The molecule has 3 nitrogen and oxygen atoms in total. The molecule has 0 aliphatic carbocycles. The number of aliphatic hydroxyl groups is 1. The molecule has 4 heteroatoms. The van der Waals surface area contributed by atoms with Crippen LogP contribution in [0.5, 0.6) is 5.75 Å². The van der Waals surface area contributed by atoms with Crippen molar-refractivity contribution in [2.45, 2.75) is 13.0 Å².